The second-order valence-corrected chi connectivity index (χ2v) is 13.0. The summed E-state index contributed by atoms with van der Waals surface area (Å²) in [5.74, 6) is 0.619. The number of carbonyl (C=O) groups is 3. The fourth-order valence-corrected chi connectivity index (χ4v) is 7.28. The van der Waals surface area contributed by atoms with Crippen LogP contribution in [0, 0.1) is 11.1 Å². The molecule has 0 radical (unpaired) electrons. The largest absolute Gasteiger partial charge is 0.619 e. The van der Waals surface area contributed by atoms with E-state index in [1.165, 1.54) is 12.4 Å². The van der Waals surface area contributed by atoms with Crippen molar-refractivity contribution in [2.75, 3.05) is 20.1 Å². The van der Waals surface area contributed by atoms with Crippen LogP contribution in [0.3, 0.4) is 0 Å². The van der Waals surface area contributed by atoms with E-state index in [1.807, 2.05) is 24.3 Å². The number of hydrogen-bond acceptors (Lipinski definition) is 7. The van der Waals surface area contributed by atoms with Crippen molar-refractivity contribution in [1.82, 2.24) is 20.4 Å². The van der Waals surface area contributed by atoms with Gasteiger partial charge in [-0.3, -0.25) is 19.3 Å². The molecule has 48 heavy (non-hydrogen) atoms. The SMILES string of the molecule is CNC(=O)c1ccc(Oc2ccc(CN3CCC4(CC3)C(=O)N[C@H]([C@H](O)C3CCCCC3)C(=O)N4Cc3ccc[n+]([O-])c3)cc2)cc1.Cl. The van der Waals surface area contributed by atoms with Crippen molar-refractivity contribution < 1.29 is 29.0 Å². The molecule has 2 atom stereocenters. The molecule has 1 saturated carbocycles. The van der Waals surface area contributed by atoms with E-state index in [0.717, 1.165) is 37.7 Å². The molecule has 12 heteroatoms. The Morgan fingerprint density at radius 2 is 1.65 bits per heavy atom. The topological polar surface area (TPSA) is 138 Å². The molecule has 11 nitrogen and oxygen atoms in total. The van der Waals surface area contributed by atoms with Crippen LogP contribution in [-0.4, -0.2) is 70.4 Å². The number of aliphatic hydroxyl groups is 1. The minimum absolute atomic E-state index is 0. The van der Waals surface area contributed by atoms with E-state index < -0.39 is 17.7 Å². The smallest absolute Gasteiger partial charge is 0.251 e. The highest BCUT2D eigenvalue weighted by molar-refractivity contribution is 6.00. The van der Waals surface area contributed by atoms with Gasteiger partial charge in [0.05, 0.1) is 12.6 Å². The Balaban J connectivity index is 0.00000451. The number of ether oxygens (including phenoxy) is 1. The van der Waals surface area contributed by atoms with Gasteiger partial charge in [0.2, 0.25) is 11.8 Å². The van der Waals surface area contributed by atoms with Gasteiger partial charge in [0.25, 0.3) is 5.91 Å². The Labute approximate surface area is 287 Å². The summed E-state index contributed by atoms with van der Waals surface area (Å²) < 4.78 is 6.66. The van der Waals surface area contributed by atoms with Crippen LogP contribution in [0.5, 0.6) is 11.5 Å². The third-order valence-electron chi connectivity index (χ3n) is 10.0. The number of aromatic nitrogens is 1. The van der Waals surface area contributed by atoms with E-state index in [2.05, 4.69) is 15.5 Å². The summed E-state index contributed by atoms with van der Waals surface area (Å²) in [7, 11) is 1.59. The number of carbonyl (C=O) groups excluding carboxylic acids is 3. The molecule has 1 spiro atoms. The summed E-state index contributed by atoms with van der Waals surface area (Å²) in [5, 5.41) is 28.9. The summed E-state index contributed by atoms with van der Waals surface area (Å²) in [6.45, 7) is 1.99. The van der Waals surface area contributed by atoms with Crippen molar-refractivity contribution in [3.8, 4) is 11.5 Å². The van der Waals surface area contributed by atoms with Crippen LogP contribution in [-0.2, 0) is 22.7 Å². The van der Waals surface area contributed by atoms with Crippen molar-refractivity contribution >= 4 is 30.1 Å². The normalized spacial score (nSPS) is 20.5. The summed E-state index contributed by atoms with van der Waals surface area (Å²) in [5.41, 5.74) is 1.22. The molecule has 3 amide bonds. The predicted molar refractivity (Wildman–Crippen MR) is 181 cm³/mol. The summed E-state index contributed by atoms with van der Waals surface area (Å²) >= 11 is 0. The number of piperazine rings is 1. The number of aliphatic hydroxyl groups excluding tert-OH is 1. The fourth-order valence-electron chi connectivity index (χ4n) is 7.28. The van der Waals surface area contributed by atoms with E-state index in [-0.39, 0.29) is 42.6 Å². The highest BCUT2D eigenvalue weighted by Gasteiger charge is 2.55. The molecule has 3 fully saturated rings. The third-order valence-corrected chi connectivity index (χ3v) is 10.0. The van der Waals surface area contributed by atoms with Gasteiger partial charge in [-0.1, -0.05) is 31.4 Å². The van der Waals surface area contributed by atoms with Crippen LogP contribution in [0.1, 0.15) is 66.4 Å². The fraction of sp³-hybridized carbons (Fsp3) is 0.444. The first-order chi connectivity index (χ1) is 22.8. The van der Waals surface area contributed by atoms with Crippen LogP contribution in [0.15, 0.2) is 73.1 Å². The zero-order chi connectivity index (χ0) is 33.0. The minimum Gasteiger partial charge on any atom is -0.619 e. The van der Waals surface area contributed by atoms with Gasteiger partial charge in [-0.2, -0.15) is 4.73 Å². The van der Waals surface area contributed by atoms with Gasteiger partial charge in [-0.25, -0.2) is 0 Å². The number of piperidine rings is 1. The molecular weight excluding hydrogens is 634 g/mol. The molecule has 2 aromatic carbocycles. The van der Waals surface area contributed by atoms with E-state index in [4.69, 9.17) is 4.74 Å². The Bertz CT molecular complexity index is 1570. The predicted octanol–water partition coefficient (Wildman–Crippen LogP) is 3.70. The first kappa shape index (κ1) is 35.1. The first-order valence-electron chi connectivity index (χ1n) is 16.6. The Morgan fingerprint density at radius 1 is 1.00 bits per heavy atom. The van der Waals surface area contributed by atoms with Crippen molar-refractivity contribution in [2.24, 2.45) is 5.92 Å². The summed E-state index contributed by atoms with van der Waals surface area (Å²) in [6.07, 6.45) is 7.59. The zero-order valence-corrected chi connectivity index (χ0v) is 28.0. The quantitative estimate of drug-likeness (QED) is 0.232. The summed E-state index contributed by atoms with van der Waals surface area (Å²) in [6, 6.07) is 17.2. The maximum absolute atomic E-state index is 14.1. The molecule has 3 N–H and O–H groups in total. The number of benzene rings is 2. The monoisotopic (exact) mass is 677 g/mol. The van der Waals surface area contributed by atoms with Crippen molar-refractivity contribution in [3.63, 3.8) is 0 Å². The molecule has 3 aliphatic rings. The molecule has 0 bridgehead atoms. The molecule has 6 rings (SSSR count). The average Bonchev–Trinajstić information content (AvgIpc) is 3.10. The minimum atomic E-state index is -1.06. The molecule has 2 aliphatic heterocycles. The van der Waals surface area contributed by atoms with Crippen molar-refractivity contribution in [3.05, 3.63) is 95.0 Å². The lowest BCUT2D eigenvalue weighted by Crippen LogP contribution is -2.74. The maximum Gasteiger partial charge on any atom is 0.251 e. The summed E-state index contributed by atoms with van der Waals surface area (Å²) in [4.78, 5) is 43.8. The van der Waals surface area contributed by atoms with Gasteiger partial charge < -0.3 is 30.6 Å². The number of pyridine rings is 1. The van der Waals surface area contributed by atoms with Crippen molar-refractivity contribution in [2.45, 2.75) is 75.7 Å². The number of nitrogens with zero attached hydrogens (tertiary/aromatic N) is 3. The van der Waals surface area contributed by atoms with Crippen LogP contribution < -0.4 is 20.1 Å². The van der Waals surface area contributed by atoms with E-state index in [9.17, 15) is 24.7 Å². The Kier molecular flexibility index (Phi) is 11.2. The molecule has 3 aromatic rings. The average molecular weight is 678 g/mol. The lowest BCUT2D eigenvalue weighted by atomic mass is 9.77. The standard InChI is InChI=1S/C36H43N5O6.ClH/c1-37-33(43)28-11-15-30(16-12-28)47-29-13-9-25(10-14-29)22-39-20-17-36(18-21-39)35(45)38-31(32(42)27-7-3-2-4-8-27)34(44)41(36)24-26-6-5-19-40(46)23-26;/h5-6,9-16,19,23,27,31-32,42H,2-4,7-8,17-18,20-22,24H2,1H3,(H,37,43)(H,38,45);1H/t31-,32-;/m1./s1. The number of likely N-dealkylation sites (tertiary alicyclic amines) is 1. The second kappa shape index (κ2) is 15.4. The van der Waals surface area contributed by atoms with Crippen LogP contribution >= 0.6 is 12.4 Å². The van der Waals surface area contributed by atoms with Gasteiger partial charge in [-0.05, 0) is 79.6 Å². The highest BCUT2D eigenvalue weighted by atomic mass is 35.5. The number of hydrogen-bond donors (Lipinski definition) is 3. The Hall–Kier alpha value is -4.19. The van der Waals surface area contributed by atoms with Gasteiger partial charge in [0.1, 0.15) is 23.1 Å². The van der Waals surface area contributed by atoms with E-state index >= 15 is 0 Å². The second-order valence-electron chi connectivity index (χ2n) is 13.0. The maximum atomic E-state index is 14.1. The molecular formula is C36H44ClN5O6. The lowest BCUT2D eigenvalue weighted by Gasteiger charge is -2.52. The van der Waals surface area contributed by atoms with E-state index in [0.29, 0.717) is 59.8 Å². The Morgan fingerprint density at radius 3 is 2.27 bits per heavy atom. The van der Waals surface area contributed by atoms with Crippen molar-refractivity contribution in [1.29, 1.82) is 0 Å². The highest BCUT2D eigenvalue weighted by Crippen LogP contribution is 2.37. The van der Waals surface area contributed by atoms with Crippen LogP contribution in [0.4, 0.5) is 0 Å². The number of halogens is 1. The molecule has 0 unspecified atom stereocenters. The lowest BCUT2D eigenvalue weighted by molar-refractivity contribution is -0.605. The van der Waals surface area contributed by atoms with Crippen LogP contribution in [0.25, 0.3) is 0 Å². The molecule has 1 aliphatic carbocycles. The van der Waals surface area contributed by atoms with Gasteiger partial charge in [0, 0.05) is 43.9 Å². The first-order valence-corrected chi connectivity index (χ1v) is 16.6. The van der Waals surface area contributed by atoms with E-state index in [1.54, 1.807) is 48.3 Å². The molecule has 3 heterocycles. The zero-order valence-electron chi connectivity index (χ0n) is 27.2. The number of rotatable bonds is 9. The molecule has 1 aromatic heterocycles. The number of nitrogens with one attached hydrogen (secondary N) is 2. The van der Waals surface area contributed by atoms with Gasteiger partial charge >= 0.3 is 0 Å². The number of amides is 3. The molecule has 2 saturated heterocycles. The van der Waals surface area contributed by atoms with Gasteiger partial charge in [0.15, 0.2) is 12.4 Å². The molecule has 256 valence electrons. The van der Waals surface area contributed by atoms with Crippen LogP contribution in [0.2, 0.25) is 0 Å². The van der Waals surface area contributed by atoms with Gasteiger partial charge in [-0.15, -0.1) is 12.4 Å². The third kappa shape index (κ3) is 7.59.